The third-order valence-corrected chi connectivity index (χ3v) is 6.59. The molecule has 1 N–H and O–H groups in total. The quantitative estimate of drug-likeness (QED) is 0.578. The molecule has 0 spiro atoms. The van der Waals surface area contributed by atoms with Gasteiger partial charge in [-0.15, -0.1) is 0 Å². The predicted molar refractivity (Wildman–Crippen MR) is 117 cm³/mol. The van der Waals surface area contributed by atoms with Crippen LogP contribution in [0.5, 0.6) is 0 Å². The summed E-state index contributed by atoms with van der Waals surface area (Å²) < 4.78 is 10.7. The van der Waals surface area contributed by atoms with E-state index in [1.54, 1.807) is 27.8 Å². The average Bonchev–Trinajstić information content (AvgIpc) is 2.58. The standard InChI is InChI=1S/C21H40N2O5Si/c1-21(2,3)28-19(25)22-17(18(24)16-11-9-8-10-12-16)15-23(4)20(26)27-13-14-29(5,6)7/h16-17H,8-15H2,1-7H3,(H,22,25). The maximum absolute atomic E-state index is 13.1. The molecule has 8 heteroatoms. The molecule has 1 unspecified atom stereocenters. The highest BCUT2D eigenvalue weighted by Gasteiger charge is 2.32. The van der Waals surface area contributed by atoms with Crippen LogP contribution in [0.3, 0.4) is 0 Å². The van der Waals surface area contributed by atoms with E-state index in [1.165, 1.54) is 4.90 Å². The van der Waals surface area contributed by atoms with E-state index in [9.17, 15) is 14.4 Å². The second kappa shape index (κ2) is 11.0. The van der Waals surface area contributed by atoms with Crippen molar-refractivity contribution in [1.82, 2.24) is 10.2 Å². The SMILES string of the molecule is CN(CC(NC(=O)OC(C)(C)C)C(=O)C1CCCCC1)C(=O)OCC[Si](C)(C)C. The van der Waals surface area contributed by atoms with E-state index in [0.29, 0.717) is 6.61 Å². The summed E-state index contributed by atoms with van der Waals surface area (Å²) in [5.74, 6) is -0.114. The van der Waals surface area contributed by atoms with Crippen LogP contribution in [0.4, 0.5) is 9.59 Å². The smallest absolute Gasteiger partial charge is 0.409 e. The van der Waals surface area contributed by atoms with Crippen LogP contribution in [0.25, 0.3) is 0 Å². The van der Waals surface area contributed by atoms with Gasteiger partial charge in [-0.05, 0) is 39.7 Å². The van der Waals surface area contributed by atoms with Crippen LogP contribution in [0.2, 0.25) is 25.7 Å². The van der Waals surface area contributed by atoms with Crippen molar-refractivity contribution in [3.63, 3.8) is 0 Å². The molecule has 1 aliphatic carbocycles. The topological polar surface area (TPSA) is 84.9 Å². The van der Waals surface area contributed by atoms with Crippen LogP contribution in [-0.2, 0) is 14.3 Å². The van der Waals surface area contributed by atoms with E-state index in [2.05, 4.69) is 25.0 Å². The Morgan fingerprint density at radius 2 is 1.69 bits per heavy atom. The van der Waals surface area contributed by atoms with Crippen molar-refractivity contribution in [3.05, 3.63) is 0 Å². The van der Waals surface area contributed by atoms with Crippen LogP contribution < -0.4 is 5.32 Å². The van der Waals surface area contributed by atoms with Gasteiger partial charge in [-0.3, -0.25) is 4.79 Å². The summed E-state index contributed by atoms with van der Waals surface area (Å²) >= 11 is 0. The molecular weight excluding hydrogens is 388 g/mol. The maximum atomic E-state index is 13.1. The van der Waals surface area contributed by atoms with Gasteiger partial charge in [0.15, 0.2) is 5.78 Å². The largest absolute Gasteiger partial charge is 0.450 e. The number of ether oxygens (including phenoxy) is 2. The monoisotopic (exact) mass is 428 g/mol. The second-order valence-electron chi connectivity index (χ2n) is 10.2. The summed E-state index contributed by atoms with van der Waals surface area (Å²) in [6.07, 6.45) is 3.71. The van der Waals surface area contributed by atoms with Crippen molar-refractivity contribution in [1.29, 1.82) is 0 Å². The van der Waals surface area contributed by atoms with Gasteiger partial charge >= 0.3 is 12.2 Å². The van der Waals surface area contributed by atoms with E-state index in [1.807, 2.05) is 0 Å². The van der Waals surface area contributed by atoms with Gasteiger partial charge in [0.1, 0.15) is 11.6 Å². The zero-order chi connectivity index (χ0) is 22.2. The minimum absolute atomic E-state index is 0.0303. The first kappa shape index (κ1) is 25.5. The third kappa shape index (κ3) is 10.7. The van der Waals surface area contributed by atoms with E-state index in [4.69, 9.17) is 9.47 Å². The number of likely N-dealkylation sites (N-methyl/N-ethyl adjacent to an activating group) is 1. The van der Waals surface area contributed by atoms with Crippen molar-refractivity contribution in [2.24, 2.45) is 5.92 Å². The zero-order valence-electron chi connectivity index (χ0n) is 19.3. The minimum Gasteiger partial charge on any atom is -0.450 e. The number of carbonyl (C=O) groups excluding carboxylic acids is 3. The molecule has 0 heterocycles. The molecule has 0 aromatic heterocycles. The molecule has 2 amide bonds. The van der Waals surface area contributed by atoms with Crippen LogP contribution >= 0.6 is 0 Å². The van der Waals surface area contributed by atoms with Crippen molar-refractivity contribution in [2.75, 3.05) is 20.2 Å². The van der Waals surface area contributed by atoms with Crippen LogP contribution in [0, 0.1) is 5.92 Å². The van der Waals surface area contributed by atoms with Crippen molar-refractivity contribution in [2.45, 2.75) is 90.2 Å². The van der Waals surface area contributed by atoms with Crippen molar-refractivity contribution < 1.29 is 23.9 Å². The highest BCUT2D eigenvalue weighted by atomic mass is 28.3. The Labute approximate surface area is 176 Å². The lowest BCUT2D eigenvalue weighted by Crippen LogP contribution is -2.52. The van der Waals surface area contributed by atoms with Crippen LogP contribution in [-0.4, -0.2) is 62.8 Å². The first-order valence-corrected chi connectivity index (χ1v) is 14.4. The molecule has 1 rings (SSSR count). The number of alkyl carbamates (subject to hydrolysis) is 1. The summed E-state index contributed by atoms with van der Waals surface area (Å²) in [5, 5.41) is 2.68. The molecule has 1 saturated carbocycles. The molecule has 168 valence electrons. The molecular formula is C21H40N2O5Si. The van der Waals surface area contributed by atoms with E-state index in [-0.39, 0.29) is 18.2 Å². The Balaban J connectivity index is 2.74. The Kier molecular flexibility index (Phi) is 9.65. The summed E-state index contributed by atoms with van der Waals surface area (Å²) in [6.45, 7) is 12.4. The lowest BCUT2D eigenvalue weighted by molar-refractivity contribution is -0.126. The number of ketones is 1. The number of hydrogen-bond donors (Lipinski definition) is 1. The van der Waals surface area contributed by atoms with E-state index >= 15 is 0 Å². The molecule has 1 aliphatic rings. The van der Waals surface area contributed by atoms with Crippen LogP contribution in [0.15, 0.2) is 0 Å². The molecule has 0 aliphatic heterocycles. The molecule has 1 atom stereocenters. The molecule has 1 fully saturated rings. The van der Waals surface area contributed by atoms with Gasteiger partial charge in [-0.1, -0.05) is 38.9 Å². The normalized spacial score (nSPS) is 16.7. The Morgan fingerprint density at radius 3 is 2.21 bits per heavy atom. The van der Waals surface area contributed by atoms with Gasteiger partial charge in [0.05, 0.1) is 13.2 Å². The maximum Gasteiger partial charge on any atom is 0.409 e. The minimum atomic E-state index is -1.30. The number of nitrogens with one attached hydrogen (secondary N) is 1. The van der Waals surface area contributed by atoms with E-state index < -0.39 is 31.9 Å². The van der Waals surface area contributed by atoms with Gasteiger partial charge in [-0.25, -0.2) is 9.59 Å². The molecule has 0 aromatic rings. The van der Waals surface area contributed by atoms with Crippen molar-refractivity contribution >= 4 is 26.0 Å². The van der Waals surface area contributed by atoms with Gasteiger partial charge in [0.25, 0.3) is 0 Å². The summed E-state index contributed by atoms with van der Waals surface area (Å²) in [5.41, 5.74) is -0.663. The summed E-state index contributed by atoms with van der Waals surface area (Å²) in [7, 11) is 0.293. The number of carbonyl (C=O) groups is 3. The number of rotatable bonds is 8. The van der Waals surface area contributed by atoms with Gasteiger partial charge in [0, 0.05) is 21.0 Å². The third-order valence-electron chi connectivity index (χ3n) is 4.89. The lowest BCUT2D eigenvalue weighted by Gasteiger charge is -2.29. The first-order valence-electron chi connectivity index (χ1n) is 10.7. The molecule has 0 aromatic carbocycles. The van der Waals surface area contributed by atoms with Crippen molar-refractivity contribution in [3.8, 4) is 0 Å². The highest BCUT2D eigenvalue weighted by molar-refractivity contribution is 6.76. The lowest BCUT2D eigenvalue weighted by atomic mass is 9.83. The van der Waals surface area contributed by atoms with E-state index in [0.717, 1.165) is 38.1 Å². The zero-order valence-corrected chi connectivity index (χ0v) is 20.3. The molecule has 29 heavy (non-hydrogen) atoms. The fourth-order valence-corrected chi connectivity index (χ4v) is 3.95. The second-order valence-corrected chi connectivity index (χ2v) is 15.9. The van der Waals surface area contributed by atoms with Gasteiger partial charge < -0.3 is 19.7 Å². The first-order chi connectivity index (χ1) is 13.3. The van der Waals surface area contributed by atoms with Gasteiger partial charge in [-0.2, -0.15) is 0 Å². The Bertz CT molecular complexity index is 562. The highest BCUT2D eigenvalue weighted by Crippen LogP contribution is 2.25. The number of nitrogens with zero attached hydrogens (tertiary/aromatic N) is 1. The summed E-state index contributed by atoms with van der Waals surface area (Å²) in [4.78, 5) is 39.0. The number of amides is 2. The van der Waals surface area contributed by atoms with Gasteiger partial charge in [0.2, 0.25) is 0 Å². The molecule has 0 saturated heterocycles. The number of Topliss-reactive ketones (excluding diaryl/α,β-unsaturated/α-hetero) is 1. The van der Waals surface area contributed by atoms with Crippen LogP contribution in [0.1, 0.15) is 52.9 Å². The summed E-state index contributed by atoms with van der Waals surface area (Å²) in [6, 6.07) is 0.0789. The molecule has 0 bridgehead atoms. The fourth-order valence-electron chi connectivity index (χ4n) is 3.23. The average molecular weight is 429 g/mol. The predicted octanol–water partition coefficient (Wildman–Crippen LogP) is 4.44. The Morgan fingerprint density at radius 1 is 1.10 bits per heavy atom. The number of hydrogen-bond acceptors (Lipinski definition) is 5. The fraction of sp³-hybridized carbons (Fsp3) is 0.857. The Hall–Kier alpha value is -1.57. The molecule has 7 nitrogen and oxygen atoms in total. The molecule has 0 radical (unpaired) electrons.